The van der Waals surface area contributed by atoms with E-state index in [2.05, 4.69) is 26.0 Å². The van der Waals surface area contributed by atoms with Crippen molar-refractivity contribution in [3.63, 3.8) is 0 Å². The molecule has 1 rings (SSSR count). The van der Waals surface area contributed by atoms with Gasteiger partial charge in [0, 0.05) is 4.47 Å². The van der Waals surface area contributed by atoms with Crippen molar-refractivity contribution in [1.29, 1.82) is 0 Å². The molecule has 0 aromatic heterocycles. The molecule has 8 heteroatoms. The summed E-state index contributed by atoms with van der Waals surface area (Å²) >= 11 is 3.28. The molecule has 0 atom stereocenters. The van der Waals surface area contributed by atoms with Crippen LogP contribution >= 0.6 is 15.9 Å². The van der Waals surface area contributed by atoms with Crippen LogP contribution in [0, 0.1) is 10.1 Å². The molecule has 0 aliphatic carbocycles. The highest BCUT2D eigenvalue weighted by molar-refractivity contribution is 9.10. The van der Waals surface area contributed by atoms with E-state index in [4.69, 9.17) is 4.74 Å². The zero-order valence-corrected chi connectivity index (χ0v) is 12.5. The van der Waals surface area contributed by atoms with E-state index in [0.29, 0.717) is 11.4 Å². The maximum atomic E-state index is 11.4. The fourth-order valence-electron chi connectivity index (χ4n) is 1.32. The molecule has 7 nitrogen and oxygen atoms in total. The number of hydrogen-bond acceptors (Lipinski definition) is 6. The third kappa shape index (κ3) is 4.23. The first kappa shape index (κ1) is 16.0. The number of nitrogens with one attached hydrogen (secondary N) is 1. The van der Waals surface area contributed by atoms with Gasteiger partial charge >= 0.3 is 11.7 Å². The van der Waals surface area contributed by atoms with Gasteiger partial charge in [-0.2, -0.15) is 0 Å². The molecule has 108 valence electrons. The first-order valence-corrected chi connectivity index (χ1v) is 6.40. The Kier molecular flexibility index (Phi) is 5.98. The van der Waals surface area contributed by atoms with E-state index < -0.39 is 16.6 Å². The first-order chi connectivity index (χ1) is 9.49. The standard InChI is InChI=1S/C12H13BrN2O5/c1-3-20-12(16)10(15(17)18)7-14-9-5-4-8(13)6-11(9)19-2/h4-7,14H,3H2,1-2H3. The summed E-state index contributed by atoms with van der Waals surface area (Å²) in [7, 11) is 1.47. The maximum Gasteiger partial charge on any atom is 0.411 e. The van der Waals surface area contributed by atoms with Crippen molar-refractivity contribution in [3.05, 3.63) is 44.7 Å². The monoisotopic (exact) mass is 344 g/mol. The van der Waals surface area contributed by atoms with Crippen molar-refractivity contribution < 1.29 is 19.2 Å². The van der Waals surface area contributed by atoms with Crippen LogP contribution < -0.4 is 10.1 Å². The Bertz CT molecular complexity index is 545. The molecular weight excluding hydrogens is 332 g/mol. The van der Waals surface area contributed by atoms with Crippen molar-refractivity contribution in [1.82, 2.24) is 0 Å². The Morgan fingerprint density at radius 1 is 1.55 bits per heavy atom. The summed E-state index contributed by atoms with van der Waals surface area (Å²) in [5, 5.41) is 13.5. The van der Waals surface area contributed by atoms with Gasteiger partial charge in [0.05, 0.1) is 30.5 Å². The molecular formula is C12H13BrN2O5. The van der Waals surface area contributed by atoms with E-state index in [1.165, 1.54) is 7.11 Å². The smallest absolute Gasteiger partial charge is 0.411 e. The van der Waals surface area contributed by atoms with Gasteiger partial charge in [-0.1, -0.05) is 15.9 Å². The molecule has 0 aliphatic heterocycles. The van der Waals surface area contributed by atoms with Gasteiger partial charge in [-0.05, 0) is 25.1 Å². The van der Waals surface area contributed by atoms with Crippen LogP contribution in [0.4, 0.5) is 5.69 Å². The van der Waals surface area contributed by atoms with E-state index in [1.54, 1.807) is 25.1 Å². The minimum absolute atomic E-state index is 0.0611. The molecule has 0 amide bonds. The van der Waals surface area contributed by atoms with Crippen molar-refractivity contribution >= 4 is 27.6 Å². The Morgan fingerprint density at radius 2 is 2.25 bits per heavy atom. The first-order valence-electron chi connectivity index (χ1n) is 5.61. The molecule has 0 unspecified atom stereocenters. The normalized spacial score (nSPS) is 10.8. The summed E-state index contributed by atoms with van der Waals surface area (Å²) < 4.78 is 10.5. The van der Waals surface area contributed by atoms with Crippen LogP contribution in [0.3, 0.4) is 0 Å². The molecule has 0 fully saturated rings. The topological polar surface area (TPSA) is 90.7 Å². The van der Waals surface area contributed by atoms with Crippen LogP contribution in [0.15, 0.2) is 34.6 Å². The third-order valence-electron chi connectivity index (χ3n) is 2.21. The minimum Gasteiger partial charge on any atom is -0.495 e. The SMILES string of the molecule is CCOC(=O)C(=CNc1ccc(Br)cc1OC)[N+](=O)[O-]. The Labute approximate surface area is 123 Å². The average Bonchev–Trinajstić information content (AvgIpc) is 2.40. The number of hydrogen-bond donors (Lipinski definition) is 1. The number of carbonyl (C=O) groups is 1. The number of nitro groups is 1. The van der Waals surface area contributed by atoms with E-state index in [1.807, 2.05) is 0 Å². The largest absolute Gasteiger partial charge is 0.495 e. The highest BCUT2D eigenvalue weighted by Crippen LogP contribution is 2.28. The second kappa shape index (κ2) is 7.49. The quantitative estimate of drug-likeness (QED) is 0.369. The maximum absolute atomic E-state index is 11.4. The fraction of sp³-hybridized carbons (Fsp3) is 0.250. The molecule has 1 N–H and O–H groups in total. The van der Waals surface area contributed by atoms with Gasteiger partial charge in [-0.3, -0.25) is 10.1 Å². The molecule has 0 aliphatic rings. The lowest BCUT2D eigenvalue weighted by Gasteiger charge is -2.08. The summed E-state index contributed by atoms with van der Waals surface area (Å²) in [6.07, 6.45) is 0.976. The van der Waals surface area contributed by atoms with E-state index >= 15 is 0 Å². The van der Waals surface area contributed by atoms with Gasteiger partial charge in [0.25, 0.3) is 0 Å². The summed E-state index contributed by atoms with van der Waals surface area (Å²) in [6, 6.07) is 5.07. The lowest BCUT2D eigenvalue weighted by Crippen LogP contribution is -2.16. The lowest BCUT2D eigenvalue weighted by molar-refractivity contribution is -0.421. The molecule has 0 heterocycles. The van der Waals surface area contributed by atoms with Gasteiger partial charge in [-0.15, -0.1) is 0 Å². The molecule has 1 aromatic carbocycles. The van der Waals surface area contributed by atoms with Crippen LogP contribution in [0.5, 0.6) is 5.75 Å². The summed E-state index contributed by atoms with van der Waals surface area (Å²) in [5.74, 6) is -0.525. The second-order valence-corrected chi connectivity index (χ2v) is 4.41. The van der Waals surface area contributed by atoms with E-state index in [-0.39, 0.29) is 6.61 Å². The number of ether oxygens (including phenoxy) is 2. The number of methoxy groups -OCH3 is 1. The second-order valence-electron chi connectivity index (χ2n) is 3.50. The van der Waals surface area contributed by atoms with Crippen molar-refractivity contribution in [2.24, 2.45) is 0 Å². The predicted molar refractivity (Wildman–Crippen MR) is 76.0 cm³/mol. The Balaban J connectivity index is 2.98. The van der Waals surface area contributed by atoms with Crippen molar-refractivity contribution in [2.75, 3.05) is 19.0 Å². The third-order valence-corrected chi connectivity index (χ3v) is 2.70. The molecule has 0 saturated heterocycles. The molecule has 1 aromatic rings. The van der Waals surface area contributed by atoms with Gasteiger partial charge in [-0.25, -0.2) is 4.79 Å². The number of benzene rings is 1. The number of rotatable bonds is 6. The molecule has 20 heavy (non-hydrogen) atoms. The molecule has 0 saturated carbocycles. The summed E-state index contributed by atoms with van der Waals surface area (Å²) in [4.78, 5) is 21.4. The minimum atomic E-state index is -0.999. The van der Waals surface area contributed by atoms with Gasteiger partial charge < -0.3 is 14.8 Å². The molecule has 0 bridgehead atoms. The van der Waals surface area contributed by atoms with Crippen LogP contribution in [0.2, 0.25) is 0 Å². The predicted octanol–water partition coefficient (Wildman–Crippen LogP) is 2.55. The molecule has 0 radical (unpaired) electrons. The number of halogens is 1. The summed E-state index contributed by atoms with van der Waals surface area (Å²) in [6.45, 7) is 1.63. The number of carbonyl (C=O) groups excluding carboxylic acids is 1. The van der Waals surface area contributed by atoms with Gasteiger partial charge in [0.1, 0.15) is 5.75 Å². The lowest BCUT2D eigenvalue weighted by atomic mass is 10.3. The van der Waals surface area contributed by atoms with E-state index in [0.717, 1.165) is 10.7 Å². The zero-order chi connectivity index (χ0) is 15.1. The molecule has 0 spiro atoms. The van der Waals surface area contributed by atoms with Crippen molar-refractivity contribution in [3.8, 4) is 5.75 Å². The van der Waals surface area contributed by atoms with Crippen LogP contribution in [0.1, 0.15) is 6.92 Å². The fourth-order valence-corrected chi connectivity index (χ4v) is 1.66. The number of esters is 1. The highest BCUT2D eigenvalue weighted by atomic mass is 79.9. The van der Waals surface area contributed by atoms with E-state index in [9.17, 15) is 14.9 Å². The number of nitrogens with zero attached hydrogens (tertiary/aromatic N) is 1. The van der Waals surface area contributed by atoms with Crippen molar-refractivity contribution in [2.45, 2.75) is 6.92 Å². The zero-order valence-electron chi connectivity index (χ0n) is 10.9. The van der Waals surface area contributed by atoms with Gasteiger partial charge in [0.15, 0.2) is 0 Å². The van der Waals surface area contributed by atoms with Crippen LogP contribution in [-0.2, 0) is 9.53 Å². The average molecular weight is 345 g/mol. The van der Waals surface area contributed by atoms with Crippen LogP contribution in [-0.4, -0.2) is 24.6 Å². The highest BCUT2D eigenvalue weighted by Gasteiger charge is 2.23. The van der Waals surface area contributed by atoms with Crippen LogP contribution in [0.25, 0.3) is 0 Å². The Hall–Kier alpha value is -2.09. The Morgan fingerprint density at radius 3 is 2.80 bits per heavy atom. The number of anilines is 1. The summed E-state index contributed by atoms with van der Waals surface area (Å²) in [5.41, 5.74) is -0.198. The van der Waals surface area contributed by atoms with Gasteiger partial charge in [0.2, 0.25) is 0 Å².